The first kappa shape index (κ1) is 17.4. The zero-order chi connectivity index (χ0) is 16.5. The average molecular weight is 322 g/mol. The molecule has 0 bridgehead atoms. The molecule has 0 aromatic heterocycles. The summed E-state index contributed by atoms with van der Waals surface area (Å²) in [5, 5.41) is 5.89. The van der Waals surface area contributed by atoms with Crippen molar-refractivity contribution in [3.8, 4) is 0 Å². The van der Waals surface area contributed by atoms with Crippen LogP contribution in [-0.4, -0.2) is 57.4 Å². The average Bonchev–Trinajstić information content (AvgIpc) is 2.54. The van der Waals surface area contributed by atoms with E-state index >= 15 is 0 Å². The maximum Gasteiger partial charge on any atom is 0.325 e. The molecule has 23 heavy (non-hydrogen) atoms. The van der Waals surface area contributed by atoms with Crippen LogP contribution in [0.5, 0.6) is 0 Å². The molecule has 1 aliphatic heterocycles. The molecule has 7 nitrogen and oxygen atoms in total. The molecule has 1 aromatic carbocycles. The van der Waals surface area contributed by atoms with Gasteiger partial charge in [-0.1, -0.05) is 30.3 Å². The molecule has 2 N–H and O–H groups in total. The van der Waals surface area contributed by atoms with E-state index in [0.29, 0.717) is 0 Å². The van der Waals surface area contributed by atoms with Crippen molar-refractivity contribution >= 4 is 11.9 Å². The van der Waals surface area contributed by atoms with Gasteiger partial charge in [0.25, 0.3) is 0 Å². The molecule has 0 saturated carbocycles. The van der Waals surface area contributed by atoms with Crippen molar-refractivity contribution in [2.45, 2.75) is 18.8 Å². The van der Waals surface area contributed by atoms with E-state index in [1.165, 1.54) is 7.11 Å². The summed E-state index contributed by atoms with van der Waals surface area (Å²) in [4.78, 5) is 23.4. The fourth-order valence-corrected chi connectivity index (χ4v) is 1.96. The third-order valence-electron chi connectivity index (χ3n) is 3.46. The van der Waals surface area contributed by atoms with E-state index in [0.717, 1.165) is 18.7 Å². The van der Waals surface area contributed by atoms with Crippen LogP contribution in [0.4, 0.5) is 0 Å². The predicted octanol–water partition coefficient (Wildman–Crippen LogP) is -0.151. The van der Waals surface area contributed by atoms with Crippen molar-refractivity contribution in [3.63, 3.8) is 0 Å². The fourth-order valence-electron chi connectivity index (χ4n) is 1.96. The van der Waals surface area contributed by atoms with Crippen LogP contribution >= 0.6 is 0 Å². The van der Waals surface area contributed by atoms with Gasteiger partial charge in [0.2, 0.25) is 0 Å². The molecule has 0 aliphatic carbocycles. The number of carbonyl (C=O) groups is 2. The van der Waals surface area contributed by atoms with Gasteiger partial charge in [0.15, 0.2) is 0 Å². The molecule has 1 aliphatic rings. The lowest BCUT2D eigenvalue weighted by Gasteiger charge is -2.28. The van der Waals surface area contributed by atoms with Gasteiger partial charge in [0, 0.05) is 13.1 Å². The molecule has 0 amide bonds. The number of rotatable bonds is 9. The van der Waals surface area contributed by atoms with E-state index in [1.807, 2.05) is 30.3 Å². The molecule has 1 fully saturated rings. The smallest absolute Gasteiger partial charge is 0.325 e. The minimum atomic E-state index is -0.690. The summed E-state index contributed by atoms with van der Waals surface area (Å²) >= 11 is 0. The molecule has 0 spiro atoms. The maximum absolute atomic E-state index is 11.7. The number of nitrogens with one attached hydrogen (secondary N) is 2. The van der Waals surface area contributed by atoms with Crippen LogP contribution in [0, 0.1) is 0 Å². The second-order valence-corrected chi connectivity index (χ2v) is 5.22. The Labute approximate surface area is 135 Å². The molecule has 126 valence electrons. The molecule has 1 aromatic rings. The highest BCUT2D eigenvalue weighted by molar-refractivity contribution is 5.77. The van der Waals surface area contributed by atoms with E-state index in [1.54, 1.807) is 0 Å². The Morgan fingerprint density at radius 3 is 2.65 bits per heavy atom. The van der Waals surface area contributed by atoms with Gasteiger partial charge in [-0.15, -0.1) is 0 Å². The highest BCUT2D eigenvalue weighted by Crippen LogP contribution is 2.02. The lowest BCUT2D eigenvalue weighted by Crippen LogP contribution is -2.51. The molecule has 1 saturated heterocycles. The molecule has 0 unspecified atom stereocenters. The van der Waals surface area contributed by atoms with Crippen molar-refractivity contribution in [1.29, 1.82) is 0 Å². The third-order valence-corrected chi connectivity index (χ3v) is 3.46. The van der Waals surface area contributed by atoms with Crippen LogP contribution in [-0.2, 0) is 30.4 Å². The Bertz CT molecular complexity index is 504. The summed E-state index contributed by atoms with van der Waals surface area (Å²) in [6.45, 7) is 1.82. The van der Waals surface area contributed by atoms with Gasteiger partial charge in [-0.3, -0.25) is 14.9 Å². The SMILES string of the molecule is COC(=O)[C@H](COC1CNC1)NCC(=O)OCc1ccccc1. The number of esters is 2. The van der Waals surface area contributed by atoms with Crippen LogP contribution in [0.2, 0.25) is 0 Å². The normalized spacial score (nSPS) is 15.5. The number of carbonyl (C=O) groups excluding carboxylic acids is 2. The maximum atomic E-state index is 11.7. The lowest BCUT2D eigenvalue weighted by atomic mass is 10.2. The van der Waals surface area contributed by atoms with Gasteiger partial charge in [0.1, 0.15) is 12.6 Å². The van der Waals surface area contributed by atoms with Crippen molar-refractivity contribution in [2.24, 2.45) is 0 Å². The van der Waals surface area contributed by atoms with Crippen molar-refractivity contribution in [3.05, 3.63) is 35.9 Å². The van der Waals surface area contributed by atoms with E-state index in [2.05, 4.69) is 10.6 Å². The number of benzene rings is 1. The summed E-state index contributed by atoms with van der Waals surface area (Å²) in [5.41, 5.74) is 0.909. The van der Waals surface area contributed by atoms with Crippen LogP contribution in [0.3, 0.4) is 0 Å². The number of hydrogen-bond acceptors (Lipinski definition) is 7. The molecular weight excluding hydrogens is 300 g/mol. The van der Waals surface area contributed by atoms with Crippen LogP contribution in [0.15, 0.2) is 30.3 Å². The highest BCUT2D eigenvalue weighted by Gasteiger charge is 2.24. The first-order valence-corrected chi connectivity index (χ1v) is 7.52. The predicted molar refractivity (Wildman–Crippen MR) is 82.7 cm³/mol. The quantitative estimate of drug-likeness (QED) is 0.612. The van der Waals surface area contributed by atoms with Crippen molar-refractivity contribution < 1.29 is 23.8 Å². The summed E-state index contributed by atoms with van der Waals surface area (Å²) < 4.78 is 15.4. The summed E-state index contributed by atoms with van der Waals surface area (Å²) in [7, 11) is 1.30. The zero-order valence-corrected chi connectivity index (χ0v) is 13.1. The van der Waals surface area contributed by atoms with Crippen molar-refractivity contribution in [2.75, 3.05) is 33.4 Å². The Hall–Kier alpha value is -1.96. The molecule has 0 radical (unpaired) electrons. The molecule has 1 atom stereocenters. The molecule has 1 heterocycles. The van der Waals surface area contributed by atoms with E-state index in [4.69, 9.17) is 14.2 Å². The lowest BCUT2D eigenvalue weighted by molar-refractivity contribution is -0.147. The molecular formula is C16H22N2O5. The highest BCUT2D eigenvalue weighted by atomic mass is 16.5. The van der Waals surface area contributed by atoms with Gasteiger partial charge in [0.05, 0.1) is 26.4 Å². The standard InChI is InChI=1S/C16H22N2O5/c1-21-16(20)14(11-22-13-7-17-8-13)18-9-15(19)23-10-12-5-3-2-4-6-12/h2-6,13-14,17-18H,7-11H2,1H3/t14-/m0/s1. The first-order valence-electron chi connectivity index (χ1n) is 7.52. The topological polar surface area (TPSA) is 85.9 Å². The van der Waals surface area contributed by atoms with Crippen molar-refractivity contribution in [1.82, 2.24) is 10.6 Å². The minimum absolute atomic E-state index is 0.0844. The molecule has 7 heteroatoms. The van der Waals surface area contributed by atoms with Gasteiger partial charge in [-0.05, 0) is 5.56 Å². The first-order chi connectivity index (χ1) is 11.2. The Morgan fingerprint density at radius 1 is 1.30 bits per heavy atom. The molecule has 2 rings (SSSR count). The Kier molecular flexibility index (Phi) is 6.99. The van der Waals surface area contributed by atoms with E-state index in [-0.39, 0.29) is 25.9 Å². The van der Waals surface area contributed by atoms with E-state index < -0.39 is 18.0 Å². The van der Waals surface area contributed by atoms with Gasteiger partial charge < -0.3 is 19.5 Å². The number of ether oxygens (including phenoxy) is 3. The monoisotopic (exact) mass is 322 g/mol. The largest absolute Gasteiger partial charge is 0.468 e. The van der Waals surface area contributed by atoms with Crippen LogP contribution in [0.25, 0.3) is 0 Å². The van der Waals surface area contributed by atoms with Gasteiger partial charge in [-0.2, -0.15) is 0 Å². The number of hydrogen-bond donors (Lipinski definition) is 2. The fraction of sp³-hybridized carbons (Fsp3) is 0.500. The van der Waals surface area contributed by atoms with Gasteiger partial charge in [-0.25, -0.2) is 0 Å². The summed E-state index contributed by atoms with van der Waals surface area (Å²) in [6.07, 6.45) is 0.106. The van der Waals surface area contributed by atoms with Crippen LogP contribution in [0.1, 0.15) is 5.56 Å². The third kappa shape index (κ3) is 5.97. The minimum Gasteiger partial charge on any atom is -0.468 e. The Morgan fingerprint density at radius 2 is 2.04 bits per heavy atom. The second-order valence-electron chi connectivity index (χ2n) is 5.22. The Balaban J connectivity index is 1.70. The number of methoxy groups -OCH3 is 1. The van der Waals surface area contributed by atoms with Crippen LogP contribution < -0.4 is 10.6 Å². The van der Waals surface area contributed by atoms with E-state index in [9.17, 15) is 9.59 Å². The zero-order valence-electron chi connectivity index (χ0n) is 13.1. The second kappa shape index (κ2) is 9.24. The summed E-state index contributed by atoms with van der Waals surface area (Å²) in [6, 6.07) is 8.70. The van der Waals surface area contributed by atoms with Gasteiger partial charge >= 0.3 is 11.9 Å². The summed E-state index contributed by atoms with van der Waals surface area (Å²) in [5.74, 6) is -0.902.